The van der Waals surface area contributed by atoms with Crippen LogP contribution < -0.4 is 5.32 Å². The smallest absolute Gasteiger partial charge is 0.128 e. The molecule has 0 aromatic heterocycles. The van der Waals surface area contributed by atoms with Crippen LogP contribution in [0.3, 0.4) is 0 Å². The molecule has 1 aromatic carbocycles. The molecular formula is C17H28FNO2. The van der Waals surface area contributed by atoms with Crippen LogP contribution in [0.1, 0.15) is 45.7 Å². The SMILES string of the molecule is CC(C)OCCOCc1cc(CNC(C)(C)C)ccc1F. The van der Waals surface area contributed by atoms with Crippen LogP contribution in [0.15, 0.2) is 18.2 Å². The van der Waals surface area contributed by atoms with Gasteiger partial charge in [-0.15, -0.1) is 0 Å². The lowest BCUT2D eigenvalue weighted by Gasteiger charge is -2.20. The number of benzene rings is 1. The zero-order valence-electron chi connectivity index (χ0n) is 13.8. The highest BCUT2D eigenvalue weighted by Crippen LogP contribution is 2.13. The van der Waals surface area contributed by atoms with Gasteiger partial charge in [-0.2, -0.15) is 0 Å². The predicted molar refractivity (Wildman–Crippen MR) is 83.7 cm³/mol. The van der Waals surface area contributed by atoms with Gasteiger partial charge in [0.1, 0.15) is 5.82 Å². The summed E-state index contributed by atoms with van der Waals surface area (Å²) in [6.07, 6.45) is 0.192. The molecule has 21 heavy (non-hydrogen) atoms. The zero-order chi connectivity index (χ0) is 15.9. The van der Waals surface area contributed by atoms with Crippen LogP contribution in [-0.2, 0) is 22.6 Å². The molecule has 0 aliphatic heterocycles. The minimum absolute atomic E-state index is 0.0409. The zero-order valence-corrected chi connectivity index (χ0v) is 13.8. The molecule has 1 rings (SSSR count). The summed E-state index contributed by atoms with van der Waals surface area (Å²) in [7, 11) is 0. The Morgan fingerprint density at radius 1 is 1.19 bits per heavy atom. The van der Waals surface area contributed by atoms with Gasteiger partial charge in [-0.05, 0) is 52.3 Å². The van der Waals surface area contributed by atoms with Crippen molar-refractivity contribution in [3.63, 3.8) is 0 Å². The van der Waals surface area contributed by atoms with Crippen LogP contribution in [-0.4, -0.2) is 24.9 Å². The molecule has 0 spiro atoms. The molecule has 0 amide bonds. The molecule has 0 aliphatic carbocycles. The average Bonchev–Trinajstić information content (AvgIpc) is 2.37. The highest BCUT2D eigenvalue weighted by Gasteiger charge is 2.10. The molecule has 0 aliphatic rings. The summed E-state index contributed by atoms with van der Waals surface area (Å²) < 4.78 is 24.6. The first-order chi connectivity index (χ1) is 9.78. The molecule has 3 nitrogen and oxygen atoms in total. The van der Waals surface area contributed by atoms with Crippen molar-refractivity contribution in [2.75, 3.05) is 13.2 Å². The first kappa shape index (κ1) is 18.1. The monoisotopic (exact) mass is 297 g/mol. The number of hydrogen-bond donors (Lipinski definition) is 1. The van der Waals surface area contributed by atoms with Crippen LogP contribution in [0, 0.1) is 5.82 Å². The molecule has 0 atom stereocenters. The van der Waals surface area contributed by atoms with Crippen LogP contribution in [0.5, 0.6) is 0 Å². The number of halogens is 1. The molecule has 0 saturated carbocycles. The molecule has 0 fully saturated rings. The van der Waals surface area contributed by atoms with E-state index >= 15 is 0 Å². The molecule has 1 aromatic rings. The van der Waals surface area contributed by atoms with Gasteiger partial charge in [-0.1, -0.05) is 6.07 Å². The Morgan fingerprint density at radius 2 is 1.90 bits per heavy atom. The molecule has 0 bridgehead atoms. The second-order valence-corrected chi connectivity index (χ2v) is 6.50. The normalized spacial score (nSPS) is 12.1. The molecule has 0 radical (unpaired) electrons. The van der Waals surface area contributed by atoms with Crippen molar-refractivity contribution >= 4 is 0 Å². The van der Waals surface area contributed by atoms with Crippen LogP contribution in [0.4, 0.5) is 4.39 Å². The summed E-state index contributed by atoms with van der Waals surface area (Å²) in [5.74, 6) is -0.223. The highest BCUT2D eigenvalue weighted by molar-refractivity contribution is 5.24. The third kappa shape index (κ3) is 8.15. The first-order valence-electron chi connectivity index (χ1n) is 7.49. The van der Waals surface area contributed by atoms with Crippen molar-refractivity contribution in [1.29, 1.82) is 0 Å². The lowest BCUT2D eigenvalue weighted by molar-refractivity contribution is 0.0136. The van der Waals surface area contributed by atoms with Crippen molar-refractivity contribution in [2.24, 2.45) is 0 Å². The van der Waals surface area contributed by atoms with E-state index in [1.807, 2.05) is 19.9 Å². The van der Waals surface area contributed by atoms with Crippen molar-refractivity contribution in [2.45, 2.75) is 59.4 Å². The van der Waals surface area contributed by atoms with Crippen molar-refractivity contribution in [1.82, 2.24) is 5.32 Å². The average molecular weight is 297 g/mol. The van der Waals surface area contributed by atoms with Gasteiger partial charge in [-0.25, -0.2) is 4.39 Å². The van der Waals surface area contributed by atoms with Gasteiger partial charge in [0.15, 0.2) is 0 Å². The van der Waals surface area contributed by atoms with Crippen molar-refractivity contribution in [3.8, 4) is 0 Å². The minimum atomic E-state index is -0.223. The van der Waals surface area contributed by atoms with Gasteiger partial charge in [0.2, 0.25) is 0 Å². The minimum Gasteiger partial charge on any atom is -0.376 e. The molecule has 0 heterocycles. The van der Waals surface area contributed by atoms with Gasteiger partial charge in [0.25, 0.3) is 0 Å². The molecule has 1 N–H and O–H groups in total. The van der Waals surface area contributed by atoms with E-state index in [0.717, 1.165) is 5.56 Å². The maximum absolute atomic E-state index is 13.7. The quantitative estimate of drug-likeness (QED) is 0.743. The fourth-order valence-electron chi connectivity index (χ4n) is 1.74. The third-order valence-corrected chi connectivity index (χ3v) is 2.87. The van der Waals surface area contributed by atoms with E-state index < -0.39 is 0 Å². The molecular weight excluding hydrogens is 269 g/mol. The largest absolute Gasteiger partial charge is 0.376 e. The van der Waals surface area contributed by atoms with Gasteiger partial charge >= 0.3 is 0 Å². The fraction of sp³-hybridized carbons (Fsp3) is 0.647. The predicted octanol–water partition coefficient (Wildman–Crippen LogP) is 3.66. The van der Waals surface area contributed by atoms with E-state index in [-0.39, 0.29) is 24.1 Å². The van der Waals surface area contributed by atoms with Gasteiger partial charge in [-0.3, -0.25) is 0 Å². The standard InChI is InChI=1S/C17H28FNO2/c1-13(2)21-9-8-20-12-15-10-14(6-7-16(15)18)11-19-17(3,4)5/h6-7,10,13,19H,8-9,11-12H2,1-5H3. The second kappa shape index (κ2) is 8.47. The fourth-order valence-corrected chi connectivity index (χ4v) is 1.74. The first-order valence-corrected chi connectivity index (χ1v) is 7.49. The number of hydrogen-bond acceptors (Lipinski definition) is 3. The van der Waals surface area contributed by atoms with Crippen LogP contribution in [0.2, 0.25) is 0 Å². The molecule has 120 valence electrons. The molecule has 4 heteroatoms. The van der Waals surface area contributed by atoms with E-state index in [1.54, 1.807) is 6.07 Å². The van der Waals surface area contributed by atoms with E-state index in [4.69, 9.17) is 9.47 Å². The highest BCUT2D eigenvalue weighted by atomic mass is 19.1. The van der Waals surface area contributed by atoms with E-state index in [0.29, 0.717) is 25.3 Å². The van der Waals surface area contributed by atoms with E-state index in [9.17, 15) is 4.39 Å². The lowest BCUT2D eigenvalue weighted by atomic mass is 10.1. The topological polar surface area (TPSA) is 30.5 Å². The Balaban J connectivity index is 2.46. The number of rotatable bonds is 8. The molecule has 0 unspecified atom stereocenters. The summed E-state index contributed by atoms with van der Waals surface area (Å²) in [6.45, 7) is 12.3. The summed E-state index contributed by atoms with van der Waals surface area (Å²) in [4.78, 5) is 0. The Kier molecular flexibility index (Phi) is 7.29. The van der Waals surface area contributed by atoms with Crippen LogP contribution >= 0.6 is 0 Å². The maximum Gasteiger partial charge on any atom is 0.128 e. The van der Waals surface area contributed by atoms with E-state index in [1.165, 1.54) is 6.07 Å². The number of nitrogens with one attached hydrogen (secondary N) is 1. The van der Waals surface area contributed by atoms with Crippen molar-refractivity contribution in [3.05, 3.63) is 35.1 Å². The van der Waals surface area contributed by atoms with Gasteiger partial charge < -0.3 is 14.8 Å². The number of ether oxygens (including phenoxy) is 2. The summed E-state index contributed by atoms with van der Waals surface area (Å²) in [5, 5.41) is 3.39. The Labute approximate surface area is 127 Å². The van der Waals surface area contributed by atoms with Gasteiger partial charge in [0, 0.05) is 17.6 Å². The van der Waals surface area contributed by atoms with Gasteiger partial charge in [0.05, 0.1) is 25.9 Å². The summed E-state index contributed by atoms with van der Waals surface area (Å²) in [5.41, 5.74) is 1.69. The Morgan fingerprint density at radius 3 is 2.52 bits per heavy atom. The lowest BCUT2D eigenvalue weighted by Crippen LogP contribution is -2.35. The Bertz CT molecular complexity index is 427. The van der Waals surface area contributed by atoms with Crippen molar-refractivity contribution < 1.29 is 13.9 Å². The van der Waals surface area contributed by atoms with Crippen LogP contribution in [0.25, 0.3) is 0 Å². The molecule has 0 saturated heterocycles. The maximum atomic E-state index is 13.7. The third-order valence-electron chi connectivity index (χ3n) is 2.87. The second-order valence-electron chi connectivity index (χ2n) is 6.50. The summed E-state index contributed by atoms with van der Waals surface area (Å²) in [6, 6.07) is 5.17. The van der Waals surface area contributed by atoms with E-state index in [2.05, 4.69) is 26.1 Å². The Hall–Kier alpha value is -0.970. The summed E-state index contributed by atoms with van der Waals surface area (Å²) >= 11 is 0.